The van der Waals surface area contributed by atoms with Crippen LogP contribution in [0, 0.1) is 0 Å². The van der Waals surface area contributed by atoms with Gasteiger partial charge in [0.2, 0.25) is 0 Å². The molecule has 1 N–H and O–H groups in total. The molecule has 0 radical (unpaired) electrons. The second-order valence-corrected chi connectivity index (χ2v) is 6.51. The van der Waals surface area contributed by atoms with Crippen LogP contribution in [0.4, 0.5) is 5.69 Å². The van der Waals surface area contributed by atoms with E-state index in [0.717, 1.165) is 12.0 Å². The third kappa shape index (κ3) is 3.12. The minimum Gasteiger partial charge on any atom is -0.480 e. The Morgan fingerprint density at radius 1 is 1.36 bits per heavy atom. The van der Waals surface area contributed by atoms with Crippen LogP contribution >= 0.6 is 0 Å². The molecule has 2 atom stereocenters. The standard InChI is InChI=1S/C19H22N2O4/c1-12-10-14-6-4-5-7-16(14)21(12)11-15-8-9-25-17(15)18(22)20(3)13(2)19(23)24/h4-9,12-13H,10-11H2,1-3H3,(H,23,24). The van der Waals surface area contributed by atoms with E-state index in [0.29, 0.717) is 12.6 Å². The number of benzene rings is 1. The van der Waals surface area contributed by atoms with Gasteiger partial charge in [0.05, 0.1) is 6.26 Å². The first-order chi connectivity index (χ1) is 11.9. The molecule has 0 saturated heterocycles. The number of fused-ring (bicyclic) bond motifs is 1. The number of hydrogen-bond acceptors (Lipinski definition) is 4. The molecule has 132 valence electrons. The lowest BCUT2D eigenvalue weighted by Crippen LogP contribution is -2.40. The van der Waals surface area contributed by atoms with Crippen LogP contribution in [0.3, 0.4) is 0 Å². The maximum atomic E-state index is 12.6. The van der Waals surface area contributed by atoms with E-state index in [1.54, 1.807) is 6.07 Å². The van der Waals surface area contributed by atoms with Gasteiger partial charge in [-0.1, -0.05) is 18.2 Å². The lowest BCUT2D eigenvalue weighted by Gasteiger charge is -2.25. The van der Waals surface area contributed by atoms with E-state index in [1.165, 1.54) is 36.4 Å². The van der Waals surface area contributed by atoms with Gasteiger partial charge in [-0.05, 0) is 38.0 Å². The van der Waals surface area contributed by atoms with Crippen LogP contribution in [0.15, 0.2) is 41.0 Å². The number of likely N-dealkylation sites (N-methyl/N-ethyl adjacent to an activating group) is 1. The molecule has 1 aliphatic heterocycles. The van der Waals surface area contributed by atoms with Crippen LogP contribution in [0.5, 0.6) is 0 Å². The number of carbonyl (C=O) groups excluding carboxylic acids is 1. The lowest BCUT2D eigenvalue weighted by atomic mass is 10.1. The van der Waals surface area contributed by atoms with Gasteiger partial charge in [0.25, 0.3) is 5.91 Å². The van der Waals surface area contributed by atoms with Gasteiger partial charge in [0.1, 0.15) is 6.04 Å². The summed E-state index contributed by atoms with van der Waals surface area (Å²) in [7, 11) is 1.47. The number of hydrogen-bond donors (Lipinski definition) is 1. The molecule has 6 nitrogen and oxygen atoms in total. The number of aliphatic carboxylic acids is 1. The third-order valence-corrected chi connectivity index (χ3v) is 4.89. The van der Waals surface area contributed by atoms with Crippen LogP contribution < -0.4 is 4.90 Å². The van der Waals surface area contributed by atoms with Crippen molar-refractivity contribution in [2.75, 3.05) is 11.9 Å². The molecule has 2 unspecified atom stereocenters. The van der Waals surface area contributed by atoms with Gasteiger partial charge in [-0.25, -0.2) is 4.79 Å². The van der Waals surface area contributed by atoms with Crippen LogP contribution in [0.1, 0.15) is 35.5 Å². The Hall–Kier alpha value is -2.76. The smallest absolute Gasteiger partial charge is 0.326 e. The average molecular weight is 342 g/mol. The second-order valence-electron chi connectivity index (χ2n) is 6.51. The Bertz CT molecular complexity index is 798. The Morgan fingerprint density at radius 3 is 2.80 bits per heavy atom. The predicted molar refractivity (Wildman–Crippen MR) is 93.7 cm³/mol. The maximum Gasteiger partial charge on any atom is 0.326 e. The first kappa shape index (κ1) is 17.1. The molecule has 1 aliphatic rings. The fraction of sp³-hybridized carbons (Fsp3) is 0.368. The highest BCUT2D eigenvalue weighted by atomic mass is 16.4. The molecule has 6 heteroatoms. The molecule has 1 aromatic carbocycles. The highest BCUT2D eigenvalue weighted by Gasteiger charge is 2.30. The lowest BCUT2D eigenvalue weighted by molar-refractivity contribution is -0.141. The van der Waals surface area contributed by atoms with Crippen LogP contribution in [0.2, 0.25) is 0 Å². The van der Waals surface area contributed by atoms with Crippen molar-refractivity contribution in [1.82, 2.24) is 4.90 Å². The zero-order chi connectivity index (χ0) is 18.1. The average Bonchev–Trinajstić information content (AvgIpc) is 3.18. The Kier molecular flexibility index (Phi) is 4.53. The molecule has 2 aromatic rings. The molecule has 0 saturated carbocycles. The van der Waals surface area contributed by atoms with E-state index in [4.69, 9.17) is 9.52 Å². The minimum absolute atomic E-state index is 0.201. The van der Waals surface area contributed by atoms with Crippen LogP contribution in [-0.2, 0) is 17.8 Å². The van der Waals surface area contributed by atoms with Gasteiger partial charge in [-0.3, -0.25) is 4.79 Å². The zero-order valence-corrected chi connectivity index (χ0v) is 14.6. The number of anilines is 1. The summed E-state index contributed by atoms with van der Waals surface area (Å²) in [4.78, 5) is 27.2. The first-order valence-electron chi connectivity index (χ1n) is 8.31. The monoisotopic (exact) mass is 342 g/mol. The number of amides is 1. The number of nitrogens with zero attached hydrogens (tertiary/aromatic N) is 2. The number of carboxylic acids is 1. The fourth-order valence-corrected chi connectivity index (χ4v) is 3.20. The van der Waals surface area contributed by atoms with E-state index in [2.05, 4.69) is 24.0 Å². The summed E-state index contributed by atoms with van der Waals surface area (Å²) >= 11 is 0. The van der Waals surface area contributed by atoms with Crippen molar-refractivity contribution in [3.63, 3.8) is 0 Å². The molecule has 2 heterocycles. The van der Waals surface area contributed by atoms with Crippen LogP contribution in [0.25, 0.3) is 0 Å². The fourth-order valence-electron chi connectivity index (χ4n) is 3.20. The van der Waals surface area contributed by atoms with E-state index >= 15 is 0 Å². The molecule has 3 rings (SSSR count). The Balaban J connectivity index is 1.83. The van der Waals surface area contributed by atoms with Crippen molar-refractivity contribution in [2.45, 2.75) is 38.9 Å². The summed E-state index contributed by atoms with van der Waals surface area (Å²) in [5.74, 6) is -1.27. The van der Waals surface area contributed by atoms with Crippen molar-refractivity contribution in [2.24, 2.45) is 0 Å². The van der Waals surface area contributed by atoms with Crippen molar-refractivity contribution >= 4 is 17.6 Å². The number of para-hydroxylation sites is 1. The highest BCUT2D eigenvalue weighted by Crippen LogP contribution is 2.33. The molecule has 1 amide bonds. The van der Waals surface area contributed by atoms with Crippen molar-refractivity contribution in [3.8, 4) is 0 Å². The van der Waals surface area contributed by atoms with E-state index < -0.39 is 17.9 Å². The van der Waals surface area contributed by atoms with Crippen molar-refractivity contribution in [3.05, 3.63) is 53.5 Å². The summed E-state index contributed by atoms with van der Waals surface area (Å²) in [5, 5.41) is 9.11. The molecule has 0 fully saturated rings. The molecule has 1 aromatic heterocycles. The molecule has 0 bridgehead atoms. The molecule has 0 aliphatic carbocycles. The minimum atomic E-state index is -1.05. The number of rotatable bonds is 5. The van der Waals surface area contributed by atoms with Crippen molar-refractivity contribution < 1.29 is 19.1 Å². The third-order valence-electron chi connectivity index (χ3n) is 4.89. The normalized spacial score (nSPS) is 17.2. The Morgan fingerprint density at radius 2 is 2.08 bits per heavy atom. The van der Waals surface area contributed by atoms with Crippen molar-refractivity contribution in [1.29, 1.82) is 0 Å². The maximum absolute atomic E-state index is 12.6. The van der Waals surface area contributed by atoms with E-state index in [-0.39, 0.29) is 5.76 Å². The van der Waals surface area contributed by atoms with E-state index in [1.807, 2.05) is 12.1 Å². The second kappa shape index (κ2) is 6.63. The number of furan rings is 1. The summed E-state index contributed by atoms with van der Waals surface area (Å²) < 4.78 is 5.40. The molecule has 0 spiro atoms. The van der Waals surface area contributed by atoms with Gasteiger partial charge in [0.15, 0.2) is 5.76 Å². The summed E-state index contributed by atoms with van der Waals surface area (Å²) in [5.41, 5.74) is 3.22. The van der Waals surface area contributed by atoms with Gasteiger partial charge in [-0.2, -0.15) is 0 Å². The molecular weight excluding hydrogens is 320 g/mol. The largest absolute Gasteiger partial charge is 0.480 e. The van der Waals surface area contributed by atoms with Gasteiger partial charge >= 0.3 is 5.97 Å². The summed E-state index contributed by atoms with van der Waals surface area (Å²) in [6.45, 7) is 4.17. The van der Waals surface area contributed by atoms with Gasteiger partial charge in [0, 0.05) is 30.9 Å². The zero-order valence-electron chi connectivity index (χ0n) is 14.6. The van der Waals surface area contributed by atoms with Crippen LogP contribution in [-0.4, -0.2) is 41.0 Å². The van der Waals surface area contributed by atoms with Gasteiger partial charge < -0.3 is 19.3 Å². The predicted octanol–water partition coefficient (Wildman–Crippen LogP) is 2.78. The number of carboxylic acid groups (broad SMARTS) is 1. The number of carbonyl (C=O) groups is 2. The summed E-state index contributed by atoms with van der Waals surface area (Å²) in [6, 6.07) is 9.43. The highest BCUT2D eigenvalue weighted by molar-refractivity contribution is 5.95. The van der Waals surface area contributed by atoms with E-state index in [9.17, 15) is 9.59 Å². The summed E-state index contributed by atoms with van der Waals surface area (Å²) in [6.07, 6.45) is 2.45. The molecule has 25 heavy (non-hydrogen) atoms. The van der Waals surface area contributed by atoms with Gasteiger partial charge in [-0.15, -0.1) is 0 Å². The Labute approximate surface area is 146 Å². The SMILES string of the molecule is CC(C(=O)O)N(C)C(=O)c1occc1CN1c2ccccc2CC1C. The first-order valence-corrected chi connectivity index (χ1v) is 8.31. The molecular formula is C19H22N2O4. The topological polar surface area (TPSA) is 74.0 Å². The quantitative estimate of drug-likeness (QED) is 0.904.